The number of thioether (sulfide) groups is 1. The molecule has 0 radical (unpaired) electrons. The Balaban J connectivity index is 2.18. The molecule has 0 saturated carbocycles. The summed E-state index contributed by atoms with van der Waals surface area (Å²) in [6, 6.07) is 8.04. The number of rotatable bonds is 2. The highest BCUT2D eigenvalue weighted by Gasteiger charge is 2.16. The van der Waals surface area contributed by atoms with Crippen molar-refractivity contribution in [2.45, 2.75) is 4.90 Å². The van der Waals surface area contributed by atoms with E-state index >= 15 is 0 Å². The fourth-order valence-electron chi connectivity index (χ4n) is 2.01. The number of amides is 1. The molecular weight excluding hydrogens is 302 g/mol. The Hall–Kier alpha value is -1.92. The summed E-state index contributed by atoms with van der Waals surface area (Å²) in [5.74, 6) is 0. The summed E-state index contributed by atoms with van der Waals surface area (Å²) in [4.78, 5) is 17.6. The van der Waals surface area contributed by atoms with E-state index in [0.29, 0.717) is 0 Å². The minimum absolute atomic E-state index is 0.0163. The number of benzene rings is 1. The first-order valence-corrected chi connectivity index (χ1v) is 7.99. The smallest absolute Gasteiger partial charge is 0.285 e. The van der Waals surface area contributed by atoms with E-state index in [1.165, 1.54) is 23.3 Å². The third kappa shape index (κ3) is 2.77. The van der Waals surface area contributed by atoms with Crippen molar-refractivity contribution < 1.29 is 9.78 Å². The number of aromatic nitrogens is 2. The molecule has 2 heterocycles. The maximum Gasteiger partial charge on any atom is 0.285 e. The molecule has 106 valence electrons. The Kier molecular flexibility index (Phi) is 3.90. The average Bonchev–Trinajstić information content (AvgIpc) is 2.96. The molecule has 3 aromatic rings. The number of fused-ring (bicyclic) bond motifs is 1. The lowest BCUT2D eigenvalue weighted by molar-refractivity contribution is -0.377. The lowest BCUT2D eigenvalue weighted by atomic mass is 10.1. The van der Waals surface area contributed by atoms with Gasteiger partial charge in [0.15, 0.2) is 12.4 Å². The fraction of sp³-hybridized carbons (Fsp3) is 0.133. The van der Waals surface area contributed by atoms with E-state index in [1.807, 2.05) is 42.9 Å². The number of hydrogen-bond acceptors (Lipinski definition) is 4. The van der Waals surface area contributed by atoms with Gasteiger partial charge in [0.1, 0.15) is 0 Å². The normalized spacial score (nSPS) is 10.8. The number of hydrogen-bond donors (Lipinski definition) is 0. The van der Waals surface area contributed by atoms with Crippen molar-refractivity contribution in [1.82, 2.24) is 9.27 Å². The maximum absolute atomic E-state index is 12.0. The Bertz CT molecular complexity index is 784. The SMILES string of the molecule is CN(C)C(=O)Sc1ccc2cnsc2c1-c1cc[nH+]cc1. The van der Waals surface area contributed by atoms with Crippen molar-refractivity contribution in [3.8, 4) is 11.1 Å². The molecule has 0 aliphatic rings. The first-order chi connectivity index (χ1) is 10.2. The highest BCUT2D eigenvalue weighted by atomic mass is 32.2. The van der Waals surface area contributed by atoms with E-state index in [4.69, 9.17) is 0 Å². The molecule has 6 heteroatoms. The van der Waals surface area contributed by atoms with Crippen LogP contribution in [0, 0.1) is 0 Å². The maximum atomic E-state index is 12.0. The van der Waals surface area contributed by atoms with Crippen LogP contribution in [0.3, 0.4) is 0 Å². The van der Waals surface area contributed by atoms with Crippen molar-refractivity contribution in [3.05, 3.63) is 42.9 Å². The minimum Gasteiger partial charge on any atom is -0.339 e. The zero-order chi connectivity index (χ0) is 14.8. The summed E-state index contributed by atoms with van der Waals surface area (Å²) in [6.45, 7) is 0. The molecule has 3 rings (SSSR count). The summed E-state index contributed by atoms with van der Waals surface area (Å²) in [6.07, 6.45) is 5.63. The summed E-state index contributed by atoms with van der Waals surface area (Å²) in [5.41, 5.74) is 2.15. The van der Waals surface area contributed by atoms with Gasteiger partial charge in [-0.15, -0.1) is 0 Å². The molecule has 1 aromatic carbocycles. The number of nitrogens with one attached hydrogen (secondary N) is 1. The van der Waals surface area contributed by atoms with E-state index in [-0.39, 0.29) is 5.24 Å². The van der Waals surface area contributed by atoms with Gasteiger partial charge in [-0.2, -0.15) is 4.37 Å². The zero-order valence-corrected chi connectivity index (χ0v) is 13.3. The summed E-state index contributed by atoms with van der Waals surface area (Å²) >= 11 is 2.71. The van der Waals surface area contributed by atoms with E-state index in [2.05, 4.69) is 9.36 Å². The molecule has 0 atom stereocenters. The van der Waals surface area contributed by atoms with Crippen LogP contribution < -0.4 is 4.98 Å². The van der Waals surface area contributed by atoms with Crippen LogP contribution in [-0.2, 0) is 0 Å². The van der Waals surface area contributed by atoms with Gasteiger partial charge in [-0.05, 0) is 34.9 Å². The van der Waals surface area contributed by atoms with Gasteiger partial charge in [0, 0.05) is 48.3 Å². The van der Waals surface area contributed by atoms with Crippen molar-refractivity contribution in [2.75, 3.05) is 14.1 Å². The van der Waals surface area contributed by atoms with Gasteiger partial charge < -0.3 is 4.90 Å². The van der Waals surface area contributed by atoms with E-state index in [9.17, 15) is 4.79 Å². The van der Waals surface area contributed by atoms with E-state index in [1.54, 1.807) is 19.0 Å². The van der Waals surface area contributed by atoms with Crippen LogP contribution in [0.1, 0.15) is 0 Å². The lowest BCUT2D eigenvalue weighted by Crippen LogP contribution is -2.16. The van der Waals surface area contributed by atoms with Gasteiger partial charge >= 0.3 is 0 Å². The molecule has 1 amide bonds. The van der Waals surface area contributed by atoms with Gasteiger partial charge in [-0.25, -0.2) is 4.98 Å². The van der Waals surface area contributed by atoms with Crippen LogP contribution in [0.15, 0.2) is 47.8 Å². The van der Waals surface area contributed by atoms with Gasteiger partial charge in [0.05, 0.1) is 4.70 Å². The molecule has 0 aliphatic heterocycles. The van der Waals surface area contributed by atoms with Crippen molar-refractivity contribution in [2.24, 2.45) is 0 Å². The molecule has 0 saturated heterocycles. The standard InChI is InChI=1S/C15H13N3OS2/c1-18(2)15(19)20-12-4-3-11-9-17-21-14(11)13(12)10-5-7-16-8-6-10/h3-9H,1-2H3/p+1. The molecule has 0 aliphatic carbocycles. The van der Waals surface area contributed by atoms with Crippen molar-refractivity contribution in [1.29, 1.82) is 0 Å². The number of carbonyl (C=O) groups is 1. The second-order valence-electron chi connectivity index (χ2n) is 4.73. The second kappa shape index (κ2) is 5.83. The van der Waals surface area contributed by atoms with Crippen LogP contribution in [-0.4, -0.2) is 28.6 Å². The van der Waals surface area contributed by atoms with E-state index < -0.39 is 0 Å². The highest BCUT2D eigenvalue weighted by molar-refractivity contribution is 8.13. The van der Waals surface area contributed by atoms with Gasteiger partial charge in [0.25, 0.3) is 5.24 Å². The quantitative estimate of drug-likeness (QED) is 0.679. The molecular formula is C15H14N3OS2+. The summed E-state index contributed by atoms with van der Waals surface area (Å²) < 4.78 is 5.38. The number of pyridine rings is 1. The van der Waals surface area contributed by atoms with Crippen LogP contribution in [0.25, 0.3) is 21.2 Å². The molecule has 21 heavy (non-hydrogen) atoms. The number of nitrogens with zero attached hydrogens (tertiary/aromatic N) is 2. The predicted molar refractivity (Wildman–Crippen MR) is 86.6 cm³/mol. The Morgan fingerprint density at radius 2 is 2.00 bits per heavy atom. The van der Waals surface area contributed by atoms with Crippen LogP contribution in [0.2, 0.25) is 0 Å². The van der Waals surface area contributed by atoms with Crippen LogP contribution in [0.4, 0.5) is 4.79 Å². The second-order valence-corrected chi connectivity index (χ2v) is 6.53. The van der Waals surface area contributed by atoms with E-state index in [0.717, 1.165) is 26.1 Å². The largest absolute Gasteiger partial charge is 0.339 e. The fourth-order valence-corrected chi connectivity index (χ4v) is 3.72. The third-order valence-corrected chi connectivity index (χ3v) is 4.99. The number of aromatic amines is 1. The molecule has 0 unspecified atom stereocenters. The predicted octanol–water partition coefficient (Wildman–Crippen LogP) is 3.55. The first-order valence-electron chi connectivity index (χ1n) is 6.40. The minimum atomic E-state index is 0.0163. The topological polar surface area (TPSA) is 47.3 Å². The summed E-state index contributed by atoms with van der Waals surface area (Å²) in [7, 11) is 3.52. The molecule has 2 aromatic heterocycles. The average molecular weight is 316 g/mol. The molecule has 0 spiro atoms. The van der Waals surface area contributed by atoms with Gasteiger partial charge in [-0.1, -0.05) is 6.07 Å². The van der Waals surface area contributed by atoms with Crippen LogP contribution >= 0.6 is 23.3 Å². The first kappa shape index (κ1) is 14.0. The Morgan fingerprint density at radius 3 is 2.71 bits per heavy atom. The van der Waals surface area contributed by atoms with Gasteiger partial charge in [-0.3, -0.25) is 4.79 Å². The van der Waals surface area contributed by atoms with Crippen molar-refractivity contribution >= 4 is 38.6 Å². The number of H-pyrrole nitrogens is 1. The Morgan fingerprint density at radius 1 is 1.24 bits per heavy atom. The summed E-state index contributed by atoms with van der Waals surface area (Å²) in [5, 5.41) is 1.12. The molecule has 0 fully saturated rings. The highest BCUT2D eigenvalue weighted by Crippen LogP contribution is 2.39. The zero-order valence-electron chi connectivity index (χ0n) is 11.7. The molecule has 1 N–H and O–H groups in total. The third-order valence-electron chi connectivity index (χ3n) is 3.06. The lowest BCUT2D eigenvalue weighted by Gasteiger charge is -2.12. The van der Waals surface area contributed by atoms with Crippen molar-refractivity contribution in [3.63, 3.8) is 0 Å². The van der Waals surface area contributed by atoms with Crippen LogP contribution in [0.5, 0.6) is 0 Å². The number of carbonyl (C=O) groups excluding carboxylic acids is 1. The van der Waals surface area contributed by atoms with Gasteiger partial charge in [0.2, 0.25) is 0 Å². The Labute approximate surface area is 131 Å². The monoisotopic (exact) mass is 316 g/mol. The molecule has 4 nitrogen and oxygen atoms in total. The molecule has 0 bridgehead atoms.